The Hall–Kier alpha value is -1.71. The molecule has 1 aliphatic rings. The fraction of sp³-hybridized carbons (Fsp3) is 0.222. The molecule has 106 valence electrons. The molecule has 0 bridgehead atoms. The molecule has 3 aromatic rings. The van der Waals surface area contributed by atoms with Crippen LogP contribution >= 0.6 is 11.8 Å². The quantitative estimate of drug-likeness (QED) is 0.789. The Morgan fingerprint density at radius 2 is 1.90 bits per heavy atom. The van der Waals surface area contributed by atoms with Crippen molar-refractivity contribution in [3.05, 3.63) is 65.9 Å². The fourth-order valence-electron chi connectivity index (χ4n) is 3.22. The van der Waals surface area contributed by atoms with Crippen LogP contribution in [0.4, 0.5) is 0 Å². The van der Waals surface area contributed by atoms with Gasteiger partial charge in [-0.25, -0.2) is 0 Å². The van der Waals surface area contributed by atoms with E-state index in [1.807, 2.05) is 17.8 Å². The largest absolute Gasteiger partial charge is 0.392 e. The summed E-state index contributed by atoms with van der Waals surface area (Å²) < 4.78 is 2.30. The van der Waals surface area contributed by atoms with Crippen molar-refractivity contribution in [2.75, 3.05) is 5.75 Å². The lowest BCUT2D eigenvalue weighted by atomic mass is 10.0. The van der Waals surface area contributed by atoms with E-state index in [-0.39, 0.29) is 6.61 Å². The van der Waals surface area contributed by atoms with Gasteiger partial charge >= 0.3 is 0 Å². The highest BCUT2D eigenvalue weighted by molar-refractivity contribution is 7.99. The van der Waals surface area contributed by atoms with Gasteiger partial charge in [0.2, 0.25) is 0 Å². The first-order valence-electron chi connectivity index (χ1n) is 7.26. The van der Waals surface area contributed by atoms with Crippen LogP contribution in [0, 0.1) is 0 Å². The zero-order chi connectivity index (χ0) is 14.2. The highest BCUT2D eigenvalue weighted by atomic mass is 32.2. The Morgan fingerprint density at radius 3 is 2.81 bits per heavy atom. The van der Waals surface area contributed by atoms with Crippen LogP contribution in [0.3, 0.4) is 0 Å². The molecular weight excluding hydrogens is 278 g/mol. The van der Waals surface area contributed by atoms with Gasteiger partial charge in [-0.15, -0.1) is 11.8 Å². The van der Waals surface area contributed by atoms with E-state index in [9.17, 15) is 5.11 Å². The normalized spacial score (nSPS) is 17.3. The maximum atomic E-state index is 9.55. The Balaban J connectivity index is 1.73. The molecule has 0 saturated carbocycles. The van der Waals surface area contributed by atoms with E-state index in [2.05, 4.69) is 53.2 Å². The Bertz CT molecular complexity index is 793. The van der Waals surface area contributed by atoms with Crippen molar-refractivity contribution in [1.82, 2.24) is 4.57 Å². The third-order valence-electron chi connectivity index (χ3n) is 4.26. The number of hydrogen-bond acceptors (Lipinski definition) is 2. The summed E-state index contributed by atoms with van der Waals surface area (Å²) in [6.45, 7) is 1.08. The minimum atomic E-state index is 0.101. The lowest BCUT2D eigenvalue weighted by Crippen LogP contribution is -2.07. The lowest BCUT2D eigenvalue weighted by molar-refractivity contribution is 0.283. The molecule has 21 heavy (non-hydrogen) atoms. The van der Waals surface area contributed by atoms with Gasteiger partial charge in [0, 0.05) is 45.8 Å². The van der Waals surface area contributed by atoms with Gasteiger partial charge < -0.3 is 9.67 Å². The zero-order valence-corrected chi connectivity index (χ0v) is 12.5. The van der Waals surface area contributed by atoms with Crippen LogP contribution < -0.4 is 0 Å². The summed E-state index contributed by atoms with van der Waals surface area (Å²) in [6, 6.07) is 17.0. The molecule has 0 amide bonds. The molecule has 2 aromatic carbocycles. The first-order valence-corrected chi connectivity index (χ1v) is 8.24. The smallest absolute Gasteiger partial charge is 0.0702 e. The minimum Gasteiger partial charge on any atom is -0.392 e. The summed E-state index contributed by atoms with van der Waals surface area (Å²) in [5.74, 6) is 1.69. The molecule has 0 radical (unpaired) electrons. The van der Waals surface area contributed by atoms with Gasteiger partial charge in [0.05, 0.1) is 6.61 Å². The SMILES string of the molecule is OCc1cn(CC2CSc3ccccc32)c2ccccc12. The van der Waals surface area contributed by atoms with Crippen LogP contribution in [0.1, 0.15) is 17.0 Å². The molecule has 1 atom stereocenters. The minimum absolute atomic E-state index is 0.101. The van der Waals surface area contributed by atoms with Crippen LogP contribution in [0.2, 0.25) is 0 Å². The Kier molecular flexibility index (Phi) is 3.24. The zero-order valence-electron chi connectivity index (χ0n) is 11.7. The molecule has 1 aromatic heterocycles. The third kappa shape index (κ3) is 2.17. The molecule has 4 rings (SSSR count). The summed E-state index contributed by atoms with van der Waals surface area (Å²) in [4.78, 5) is 1.42. The van der Waals surface area contributed by atoms with E-state index >= 15 is 0 Å². The molecule has 1 N–H and O–H groups in total. The molecule has 3 heteroatoms. The molecule has 2 heterocycles. The number of aliphatic hydroxyl groups excluding tert-OH is 1. The summed E-state index contributed by atoms with van der Waals surface area (Å²) >= 11 is 1.95. The van der Waals surface area contributed by atoms with Gasteiger partial charge in [0.1, 0.15) is 0 Å². The molecular formula is C18H17NOS. The first-order chi connectivity index (χ1) is 10.4. The predicted molar refractivity (Wildman–Crippen MR) is 87.8 cm³/mol. The maximum absolute atomic E-state index is 9.55. The third-order valence-corrected chi connectivity index (χ3v) is 5.51. The molecule has 0 fully saturated rings. The lowest BCUT2D eigenvalue weighted by Gasteiger charge is -2.13. The highest BCUT2D eigenvalue weighted by Gasteiger charge is 2.23. The number of rotatable bonds is 3. The highest BCUT2D eigenvalue weighted by Crippen LogP contribution is 2.40. The molecule has 0 aliphatic carbocycles. The molecule has 2 nitrogen and oxygen atoms in total. The van der Waals surface area contributed by atoms with Crippen LogP contribution in [-0.4, -0.2) is 15.4 Å². The number of para-hydroxylation sites is 1. The van der Waals surface area contributed by atoms with Gasteiger partial charge in [-0.1, -0.05) is 36.4 Å². The number of hydrogen-bond donors (Lipinski definition) is 1. The average molecular weight is 295 g/mol. The van der Waals surface area contributed by atoms with Gasteiger partial charge in [-0.05, 0) is 17.7 Å². The monoisotopic (exact) mass is 295 g/mol. The number of aromatic nitrogens is 1. The first kappa shape index (κ1) is 13.0. The van der Waals surface area contributed by atoms with Gasteiger partial charge in [0.15, 0.2) is 0 Å². The summed E-state index contributed by atoms with van der Waals surface area (Å²) in [5.41, 5.74) is 3.70. The van der Waals surface area contributed by atoms with E-state index < -0.39 is 0 Å². The van der Waals surface area contributed by atoms with Crippen LogP contribution in [0.5, 0.6) is 0 Å². The number of fused-ring (bicyclic) bond motifs is 2. The number of thioether (sulfide) groups is 1. The van der Waals surface area contributed by atoms with Crippen molar-refractivity contribution >= 4 is 22.7 Å². The number of nitrogens with zero attached hydrogens (tertiary/aromatic N) is 1. The van der Waals surface area contributed by atoms with Crippen molar-refractivity contribution in [2.45, 2.75) is 24.0 Å². The molecule has 1 unspecified atom stereocenters. The standard InChI is InChI=1S/C18H17NOS/c20-11-13-9-19(17-7-3-1-5-15(13)17)10-14-12-21-18-8-4-2-6-16(14)18/h1-9,14,20H,10-12H2. The number of benzene rings is 2. The van der Waals surface area contributed by atoms with E-state index in [0.717, 1.165) is 17.9 Å². The maximum Gasteiger partial charge on any atom is 0.0702 e. The van der Waals surface area contributed by atoms with Crippen LogP contribution in [0.25, 0.3) is 10.9 Å². The van der Waals surface area contributed by atoms with Gasteiger partial charge in [0.25, 0.3) is 0 Å². The average Bonchev–Trinajstić information content (AvgIpc) is 3.10. The second-order valence-electron chi connectivity index (χ2n) is 5.53. The van der Waals surface area contributed by atoms with E-state index in [1.54, 1.807) is 0 Å². The van der Waals surface area contributed by atoms with Crippen LogP contribution in [0.15, 0.2) is 59.6 Å². The van der Waals surface area contributed by atoms with Crippen molar-refractivity contribution in [1.29, 1.82) is 0 Å². The van der Waals surface area contributed by atoms with E-state index in [1.165, 1.54) is 21.4 Å². The predicted octanol–water partition coefficient (Wildman–Crippen LogP) is 4.02. The van der Waals surface area contributed by atoms with Gasteiger partial charge in [-0.3, -0.25) is 0 Å². The molecule has 0 spiro atoms. The van der Waals surface area contributed by atoms with Crippen molar-refractivity contribution < 1.29 is 5.11 Å². The van der Waals surface area contributed by atoms with Gasteiger partial charge in [-0.2, -0.15) is 0 Å². The van der Waals surface area contributed by atoms with Crippen molar-refractivity contribution in [3.63, 3.8) is 0 Å². The molecule has 1 aliphatic heterocycles. The van der Waals surface area contributed by atoms with Crippen molar-refractivity contribution in [3.8, 4) is 0 Å². The summed E-state index contributed by atoms with van der Waals surface area (Å²) in [5, 5.41) is 10.7. The topological polar surface area (TPSA) is 25.2 Å². The second-order valence-corrected chi connectivity index (χ2v) is 6.59. The van der Waals surface area contributed by atoms with E-state index in [0.29, 0.717) is 5.92 Å². The second kappa shape index (κ2) is 5.24. The number of aliphatic hydroxyl groups is 1. The molecule has 0 saturated heterocycles. The fourth-order valence-corrected chi connectivity index (χ4v) is 4.46. The summed E-state index contributed by atoms with van der Waals surface area (Å²) in [7, 11) is 0. The Morgan fingerprint density at radius 1 is 1.10 bits per heavy atom. The van der Waals surface area contributed by atoms with E-state index in [4.69, 9.17) is 0 Å². The van der Waals surface area contributed by atoms with Crippen molar-refractivity contribution in [2.24, 2.45) is 0 Å². The van der Waals surface area contributed by atoms with Crippen LogP contribution in [-0.2, 0) is 13.2 Å². The Labute approximate surface area is 128 Å². The summed E-state index contributed by atoms with van der Waals surface area (Å²) in [6.07, 6.45) is 2.11.